The van der Waals surface area contributed by atoms with Gasteiger partial charge in [0.1, 0.15) is 24.1 Å². The zero-order valence-corrected chi connectivity index (χ0v) is 33.6. The Balaban J connectivity index is 1.20. The lowest BCUT2D eigenvalue weighted by molar-refractivity contribution is -0.139. The van der Waals surface area contributed by atoms with Gasteiger partial charge in [0.05, 0.1) is 22.5 Å². The standard InChI is InChI=1S/C40H48Cl3N5O6/c1-24-16-33(42)36(34(43)17-24)53-29-12-14-46(21-29)35-11-7-26(19-45-35)30-13-15-47(39(51)54-40(2,3)4)22-31(30)37(49)48(28-8-9-28)20-27-18-25(6-10-32(27)41)23-52-38(50)44-5/h6-7,10-11,16-19,28-31H,8-9,12-15,20-23H2,1-5H3,(H,44,50)/t29-,30?,31?/m1/s1. The average Bonchev–Trinajstić information content (AvgIpc) is 3.87. The molecule has 2 aromatic carbocycles. The number of pyridine rings is 1. The van der Waals surface area contributed by atoms with Crippen molar-refractivity contribution in [2.75, 3.05) is 38.1 Å². The van der Waals surface area contributed by atoms with E-state index in [1.165, 1.54) is 7.05 Å². The van der Waals surface area contributed by atoms with E-state index in [2.05, 4.69) is 10.2 Å². The number of amides is 3. The highest BCUT2D eigenvalue weighted by molar-refractivity contribution is 6.37. The molecule has 2 aliphatic heterocycles. The van der Waals surface area contributed by atoms with Crippen LogP contribution in [0.2, 0.25) is 15.1 Å². The van der Waals surface area contributed by atoms with E-state index in [0.29, 0.717) is 46.9 Å². The maximum absolute atomic E-state index is 14.8. The zero-order chi connectivity index (χ0) is 38.7. The number of benzene rings is 2. The lowest BCUT2D eigenvalue weighted by Gasteiger charge is -2.40. The summed E-state index contributed by atoms with van der Waals surface area (Å²) < 4.78 is 17.2. The molecule has 1 aliphatic carbocycles. The third-order valence-electron chi connectivity index (χ3n) is 9.97. The molecule has 3 heterocycles. The van der Waals surface area contributed by atoms with Crippen LogP contribution in [0.5, 0.6) is 5.75 Å². The molecule has 1 saturated carbocycles. The first-order chi connectivity index (χ1) is 25.7. The van der Waals surface area contributed by atoms with Gasteiger partial charge < -0.3 is 34.2 Å². The van der Waals surface area contributed by atoms with Gasteiger partial charge >= 0.3 is 12.2 Å². The van der Waals surface area contributed by atoms with Crippen molar-refractivity contribution in [2.24, 2.45) is 5.92 Å². The Morgan fingerprint density at radius 2 is 1.69 bits per heavy atom. The summed E-state index contributed by atoms with van der Waals surface area (Å²) in [5.74, 6) is 0.553. The van der Waals surface area contributed by atoms with Crippen LogP contribution >= 0.6 is 34.8 Å². The van der Waals surface area contributed by atoms with E-state index in [1.54, 1.807) is 17.0 Å². The van der Waals surface area contributed by atoms with Crippen LogP contribution in [0.1, 0.15) is 74.6 Å². The van der Waals surface area contributed by atoms with Gasteiger partial charge in [-0.05, 0) is 99.5 Å². The Kier molecular flexibility index (Phi) is 12.4. The van der Waals surface area contributed by atoms with Crippen LogP contribution < -0.4 is 15.0 Å². The van der Waals surface area contributed by atoms with E-state index in [1.807, 2.05) is 69.1 Å². The zero-order valence-electron chi connectivity index (χ0n) is 31.4. The second-order valence-electron chi connectivity index (χ2n) is 15.4. The summed E-state index contributed by atoms with van der Waals surface area (Å²) in [6.07, 6.45) is 3.91. The van der Waals surface area contributed by atoms with Crippen LogP contribution in [-0.4, -0.2) is 83.9 Å². The van der Waals surface area contributed by atoms with E-state index in [-0.39, 0.29) is 37.1 Å². The first-order valence-electron chi connectivity index (χ1n) is 18.4. The molecule has 0 bridgehead atoms. The molecule has 3 amide bonds. The van der Waals surface area contributed by atoms with Crippen molar-refractivity contribution < 1.29 is 28.6 Å². The number of aryl methyl sites for hydroxylation is 1. The number of nitrogens with one attached hydrogen (secondary N) is 1. The number of halogens is 3. The molecule has 2 saturated heterocycles. The molecule has 290 valence electrons. The molecule has 11 nitrogen and oxygen atoms in total. The summed E-state index contributed by atoms with van der Waals surface area (Å²) in [6, 6.07) is 13.2. The fourth-order valence-electron chi connectivity index (χ4n) is 7.13. The molecule has 3 aromatic rings. The fourth-order valence-corrected chi connectivity index (χ4v) is 7.99. The second kappa shape index (κ2) is 16.8. The summed E-state index contributed by atoms with van der Waals surface area (Å²) >= 11 is 19.6. The number of anilines is 1. The number of hydrogen-bond acceptors (Lipinski definition) is 8. The molecule has 54 heavy (non-hydrogen) atoms. The average molecular weight is 801 g/mol. The van der Waals surface area contributed by atoms with Gasteiger partial charge in [-0.25, -0.2) is 14.6 Å². The topological polar surface area (TPSA) is 114 Å². The SMILES string of the molecule is CNC(=O)OCc1ccc(Cl)c(CN(C(=O)C2CN(C(=O)OC(C)(C)C)CCC2c2ccc(N3CC[C@@H](Oc4c(Cl)cc(C)cc4Cl)C3)nc2)C2CC2)c1. The Bertz CT molecular complexity index is 1830. The first kappa shape index (κ1) is 39.8. The third-order valence-corrected chi connectivity index (χ3v) is 10.9. The van der Waals surface area contributed by atoms with Crippen LogP contribution in [0.15, 0.2) is 48.7 Å². The van der Waals surface area contributed by atoms with Crippen molar-refractivity contribution in [3.05, 3.63) is 86.0 Å². The third kappa shape index (κ3) is 9.83. The Labute approximate surface area is 332 Å². The Morgan fingerprint density at radius 3 is 2.33 bits per heavy atom. The monoisotopic (exact) mass is 799 g/mol. The number of piperidine rings is 1. The van der Waals surface area contributed by atoms with Crippen LogP contribution in [0.25, 0.3) is 0 Å². The van der Waals surface area contributed by atoms with Crippen LogP contribution in [0.4, 0.5) is 15.4 Å². The molecule has 3 atom stereocenters. The van der Waals surface area contributed by atoms with E-state index >= 15 is 0 Å². The van der Waals surface area contributed by atoms with Gasteiger partial charge in [0.2, 0.25) is 5.91 Å². The van der Waals surface area contributed by atoms with Crippen LogP contribution in [0, 0.1) is 12.8 Å². The highest BCUT2D eigenvalue weighted by atomic mass is 35.5. The number of ether oxygens (including phenoxy) is 3. The first-order valence-corrected chi connectivity index (χ1v) is 19.6. The van der Waals surface area contributed by atoms with Crippen molar-refractivity contribution in [1.82, 2.24) is 20.1 Å². The highest BCUT2D eigenvalue weighted by Crippen LogP contribution is 2.40. The van der Waals surface area contributed by atoms with E-state index < -0.39 is 23.7 Å². The molecule has 3 fully saturated rings. The van der Waals surface area contributed by atoms with Crippen molar-refractivity contribution in [2.45, 2.75) is 90.2 Å². The van der Waals surface area contributed by atoms with E-state index in [9.17, 15) is 14.4 Å². The van der Waals surface area contributed by atoms with Crippen molar-refractivity contribution in [3.8, 4) is 5.75 Å². The maximum atomic E-state index is 14.8. The Hall–Kier alpha value is -3.93. The van der Waals surface area contributed by atoms with Crippen molar-refractivity contribution >= 4 is 58.7 Å². The lowest BCUT2D eigenvalue weighted by Crippen LogP contribution is -2.51. The number of carbonyl (C=O) groups is 3. The summed E-state index contributed by atoms with van der Waals surface area (Å²) in [4.78, 5) is 50.4. The molecule has 1 N–H and O–H groups in total. The van der Waals surface area contributed by atoms with Gasteiger partial charge in [0.25, 0.3) is 0 Å². The number of carbonyl (C=O) groups excluding carboxylic acids is 3. The molecule has 2 unspecified atom stereocenters. The van der Waals surface area contributed by atoms with Gasteiger partial charge in [0, 0.05) is 62.8 Å². The van der Waals surface area contributed by atoms with Crippen LogP contribution in [-0.2, 0) is 27.4 Å². The number of nitrogens with zero attached hydrogens (tertiary/aromatic N) is 4. The van der Waals surface area contributed by atoms with Crippen molar-refractivity contribution in [3.63, 3.8) is 0 Å². The molecular weight excluding hydrogens is 753 g/mol. The van der Waals surface area contributed by atoms with Crippen molar-refractivity contribution in [1.29, 1.82) is 0 Å². The largest absolute Gasteiger partial charge is 0.485 e. The molecule has 1 aromatic heterocycles. The smallest absolute Gasteiger partial charge is 0.410 e. The van der Waals surface area contributed by atoms with Gasteiger partial charge in [-0.15, -0.1) is 0 Å². The van der Waals surface area contributed by atoms with E-state index in [0.717, 1.165) is 53.9 Å². The molecule has 0 spiro atoms. The number of alkyl carbamates (subject to hydrolysis) is 1. The molecule has 14 heteroatoms. The normalized spacial score (nSPS) is 20.0. The molecule has 0 radical (unpaired) electrons. The predicted molar refractivity (Wildman–Crippen MR) is 210 cm³/mol. The number of likely N-dealkylation sites (tertiary alicyclic amines) is 1. The van der Waals surface area contributed by atoms with E-state index in [4.69, 9.17) is 54.0 Å². The molecule has 3 aliphatic rings. The summed E-state index contributed by atoms with van der Waals surface area (Å²) in [5.41, 5.74) is 2.76. The summed E-state index contributed by atoms with van der Waals surface area (Å²) in [6.45, 7) is 9.84. The number of aromatic nitrogens is 1. The summed E-state index contributed by atoms with van der Waals surface area (Å²) in [5, 5.41) is 3.95. The minimum Gasteiger partial charge on any atom is -0.485 e. The maximum Gasteiger partial charge on any atom is 0.410 e. The minimum absolute atomic E-state index is 0.0455. The fraction of sp³-hybridized carbons (Fsp3) is 0.500. The molecular formula is C40H48Cl3N5O6. The number of hydrogen-bond donors (Lipinski definition) is 1. The lowest BCUT2D eigenvalue weighted by atomic mass is 9.80. The van der Waals surface area contributed by atoms with Crippen LogP contribution in [0.3, 0.4) is 0 Å². The van der Waals surface area contributed by atoms with Gasteiger partial charge in [0.15, 0.2) is 5.75 Å². The molecule has 6 rings (SSSR count). The number of rotatable bonds is 10. The Morgan fingerprint density at radius 1 is 0.944 bits per heavy atom. The van der Waals surface area contributed by atoms with Gasteiger partial charge in [-0.3, -0.25) is 4.79 Å². The second-order valence-corrected chi connectivity index (χ2v) is 16.6. The minimum atomic E-state index is -0.672. The summed E-state index contributed by atoms with van der Waals surface area (Å²) in [7, 11) is 1.50. The van der Waals surface area contributed by atoms with Gasteiger partial charge in [-0.2, -0.15) is 0 Å². The quantitative estimate of drug-likeness (QED) is 0.218. The van der Waals surface area contributed by atoms with Gasteiger partial charge in [-0.1, -0.05) is 46.9 Å². The highest BCUT2D eigenvalue weighted by Gasteiger charge is 2.43. The predicted octanol–water partition coefficient (Wildman–Crippen LogP) is 8.40.